The lowest BCUT2D eigenvalue weighted by Gasteiger charge is -2.14. The number of aromatic carboxylic acids is 1. The molecule has 3 N–H and O–H groups in total. The molecule has 0 radical (unpaired) electrons. The Hall–Kier alpha value is -2.30. The van der Waals surface area contributed by atoms with E-state index in [4.69, 9.17) is 26.8 Å². The summed E-state index contributed by atoms with van der Waals surface area (Å²) in [6.07, 6.45) is 0. The van der Waals surface area contributed by atoms with Gasteiger partial charge >= 0.3 is 5.97 Å². The third kappa shape index (κ3) is 4.42. The number of ether oxygens (including phenoxy) is 2. The van der Waals surface area contributed by atoms with Crippen molar-refractivity contribution in [1.82, 2.24) is 5.32 Å². The van der Waals surface area contributed by atoms with Crippen molar-refractivity contribution < 1.29 is 19.4 Å². The number of anilines is 1. The Kier molecular flexibility index (Phi) is 6.29. The zero-order valence-electron chi connectivity index (χ0n) is 11.0. The van der Waals surface area contributed by atoms with Gasteiger partial charge < -0.3 is 19.9 Å². The largest absolute Gasteiger partial charge is 0.478 e. The molecule has 0 spiro atoms. The summed E-state index contributed by atoms with van der Waals surface area (Å²) >= 11 is 5.02. The van der Waals surface area contributed by atoms with E-state index < -0.39 is 5.97 Å². The molecule has 1 aromatic rings. The van der Waals surface area contributed by atoms with Gasteiger partial charge in [0.05, 0.1) is 5.69 Å². The second-order valence-corrected chi connectivity index (χ2v) is 3.90. The average molecular weight is 294 g/mol. The first kappa shape index (κ1) is 15.8. The van der Waals surface area contributed by atoms with Crippen molar-refractivity contribution in [2.24, 2.45) is 0 Å². The Morgan fingerprint density at radius 2 is 2.25 bits per heavy atom. The first-order chi connectivity index (χ1) is 9.60. The van der Waals surface area contributed by atoms with Crippen LogP contribution in [0, 0.1) is 12.0 Å². The van der Waals surface area contributed by atoms with Crippen LogP contribution in [0.4, 0.5) is 5.69 Å². The third-order valence-corrected chi connectivity index (χ3v) is 2.32. The highest BCUT2D eigenvalue weighted by molar-refractivity contribution is 7.80. The molecule has 0 heterocycles. The molecule has 0 bridgehead atoms. The van der Waals surface area contributed by atoms with Crippen molar-refractivity contribution in [3.05, 3.63) is 23.8 Å². The van der Waals surface area contributed by atoms with Crippen LogP contribution in [-0.2, 0) is 4.74 Å². The Labute approximate surface area is 122 Å². The Bertz CT molecular complexity index is 563. The standard InChI is InChI=1S/C13H14N2O4S/c1-3-7-14-13(20)15-10-6-4-5-9(12(16)17)11(10)19-8-18-2/h4-6H,8H2,1-2H3,(H,16,17)(H2,14,15,20). The number of para-hydroxylation sites is 1. The van der Waals surface area contributed by atoms with Crippen molar-refractivity contribution in [1.29, 1.82) is 0 Å². The van der Waals surface area contributed by atoms with Crippen LogP contribution in [0.3, 0.4) is 0 Å². The van der Waals surface area contributed by atoms with E-state index in [-0.39, 0.29) is 23.2 Å². The highest BCUT2D eigenvalue weighted by Crippen LogP contribution is 2.29. The van der Waals surface area contributed by atoms with Gasteiger partial charge in [-0.05, 0) is 31.3 Å². The SMILES string of the molecule is CC#CNC(=S)Nc1cccc(C(=O)O)c1OCOC. The van der Waals surface area contributed by atoms with Crippen molar-refractivity contribution >= 4 is 29.0 Å². The van der Waals surface area contributed by atoms with Crippen LogP contribution in [0.5, 0.6) is 5.75 Å². The molecule has 0 amide bonds. The van der Waals surface area contributed by atoms with Gasteiger partial charge in [0.2, 0.25) is 0 Å². The van der Waals surface area contributed by atoms with Gasteiger partial charge in [-0.15, -0.1) is 0 Å². The molecule has 0 saturated carbocycles. The van der Waals surface area contributed by atoms with Crippen molar-refractivity contribution in [3.8, 4) is 17.7 Å². The molecule has 6 nitrogen and oxygen atoms in total. The van der Waals surface area contributed by atoms with Crippen LogP contribution in [0.2, 0.25) is 0 Å². The van der Waals surface area contributed by atoms with Crippen LogP contribution in [-0.4, -0.2) is 30.1 Å². The summed E-state index contributed by atoms with van der Waals surface area (Å²) in [7, 11) is 1.44. The molecule has 0 aliphatic carbocycles. The topological polar surface area (TPSA) is 79.8 Å². The lowest BCUT2D eigenvalue weighted by molar-refractivity contribution is 0.0488. The highest BCUT2D eigenvalue weighted by Gasteiger charge is 2.16. The van der Waals surface area contributed by atoms with Crippen LogP contribution in [0.15, 0.2) is 18.2 Å². The second-order valence-electron chi connectivity index (χ2n) is 3.49. The monoisotopic (exact) mass is 294 g/mol. The van der Waals surface area contributed by atoms with Gasteiger partial charge in [0.15, 0.2) is 17.7 Å². The van der Waals surface area contributed by atoms with E-state index >= 15 is 0 Å². The van der Waals surface area contributed by atoms with E-state index in [1.54, 1.807) is 19.1 Å². The maximum Gasteiger partial charge on any atom is 0.339 e. The molecule has 0 saturated heterocycles. The summed E-state index contributed by atoms with van der Waals surface area (Å²) in [5.74, 6) is 1.67. The second kappa shape index (κ2) is 7.99. The smallest absolute Gasteiger partial charge is 0.339 e. The molecule has 1 aromatic carbocycles. The van der Waals surface area contributed by atoms with Crippen LogP contribution in [0.1, 0.15) is 17.3 Å². The zero-order valence-corrected chi connectivity index (χ0v) is 11.8. The number of carboxylic acid groups (broad SMARTS) is 1. The average Bonchev–Trinajstić information content (AvgIpc) is 2.43. The number of methoxy groups -OCH3 is 1. The van der Waals surface area contributed by atoms with Gasteiger partial charge in [-0.1, -0.05) is 12.0 Å². The summed E-state index contributed by atoms with van der Waals surface area (Å²) in [6.45, 7) is 1.59. The fourth-order valence-corrected chi connectivity index (χ4v) is 1.51. The van der Waals surface area contributed by atoms with E-state index in [1.807, 2.05) is 0 Å². The Balaban J connectivity index is 3.03. The third-order valence-electron chi connectivity index (χ3n) is 2.12. The van der Waals surface area contributed by atoms with Gasteiger partial charge in [-0.25, -0.2) is 4.79 Å². The summed E-state index contributed by atoms with van der Waals surface area (Å²) in [6, 6.07) is 7.24. The molecule has 7 heteroatoms. The first-order valence-corrected chi connectivity index (χ1v) is 5.97. The molecule has 0 aromatic heterocycles. The van der Waals surface area contributed by atoms with Gasteiger partial charge in [0.1, 0.15) is 5.56 Å². The number of carboxylic acids is 1. The molecule has 20 heavy (non-hydrogen) atoms. The summed E-state index contributed by atoms with van der Waals surface area (Å²) < 4.78 is 10.1. The predicted octanol–water partition coefficient (Wildman–Crippen LogP) is 1.63. The fourth-order valence-electron chi connectivity index (χ4n) is 1.35. The quantitative estimate of drug-likeness (QED) is 0.330. The number of carbonyl (C=O) groups is 1. The van der Waals surface area contributed by atoms with Crippen LogP contribution in [0.25, 0.3) is 0 Å². The number of rotatable bonds is 5. The minimum Gasteiger partial charge on any atom is -0.478 e. The van der Waals surface area contributed by atoms with E-state index in [0.717, 1.165) is 0 Å². The minimum absolute atomic E-state index is 0.0106. The van der Waals surface area contributed by atoms with Crippen molar-refractivity contribution in [2.45, 2.75) is 6.92 Å². The van der Waals surface area contributed by atoms with Gasteiger partial charge in [0.25, 0.3) is 0 Å². The lowest BCUT2D eigenvalue weighted by Crippen LogP contribution is -2.24. The fraction of sp³-hybridized carbons (Fsp3) is 0.231. The molecular formula is C13H14N2O4S. The van der Waals surface area contributed by atoms with E-state index in [2.05, 4.69) is 22.6 Å². The van der Waals surface area contributed by atoms with Gasteiger partial charge in [-0.2, -0.15) is 0 Å². The lowest BCUT2D eigenvalue weighted by atomic mass is 10.1. The number of thiocarbonyl (C=S) groups is 1. The maximum atomic E-state index is 11.2. The van der Waals surface area contributed by atoms with Crippen LogP contribution < -0.4 is 15.4 Å². The minimum atomic E-state index is -1.10. The molecule has 1 rings (SSSR count). The molecular weight excluding hydrogens is 280 g/mol. The number of nitrogens with one attached hydrogen (secondary N) is 2. The highest BCUT2D eigenvalue weighted by atomic mass is 32.1. The van der Waals surface area contributed by atoms with Gasteiger partial charge in [0, 0.05) is 13.2 Å². The maximum absolute atomic E-state index is 11.2. The first-order valence-electron chi connectivity index (χ1n) is 5.57. The zero-order chi connectivity index (χ0) is 15.0. The Morgan fingerprint density at radius 1 is 1.50 bits per heavy atom. The number of hydrogen-bond donors (Lipinski definition) is 3. The summed E-state index contributed by atoms with van der Waals surface area (Å²) in [5, 5.41) is 14.8. The predicted molar refractivity (Wildman–Crippen MR) is 78.7 cm³/mol. The molecule has 0 fully saturated rings. The van der Waals surface area contributed by atoms with Crippen LogP contribution >= 0.6 is 12.2 Å². The Morgan fingerprint density at radius 3 is 2.85 bits per heavy atom. The van der Waals surface area contributed by atoms with Crippen molar-refractivity contribution in [2.75, 3.05) is 19.2 Å². The van der Waals surface area contributed by atoms with Crippen molar-refractivity contribution in [3.63, 3.8) is 0 Å². The molecule has 0 unspecified atom stereocenters. The van der Waals surface area contributed by atoms with E-state index in [0.29, 0.717) is 5.69 Å². The summed E-state index contributed by atoms with van der Waals surface area (Å²) in [5.41, 5.74) is 0.425. The molecule has 0 aliphatic rings. The van der Waals surface area contributed by atoms with Gasteiger partial charge in [-0.3, -0.25) is 5.32 Å². The normalized spacial score (nSPS) is 9.10. The molecule has 0 aliphatic heterocycles. The number of benzene rings is 1. The van der Waals surface area contributed by atoms with E-state index in [9.17, 15) is 4.79 Å². The van der Waals surface area contributed by atoms with E-state index in [1.165, 1.54) is 13.2 Å². The molecule has 0 atom stereocenters. The number of hydrogen-bond acceptors (Lipinski definition) is 4. The molecule has 106 valence electrons. The summed E-state index contributed by atoms with van der Waals surface area (Å²) in [4.78, 5) is 11.2.